The molecule has 132 valence electrons. The molecule has 3 heterocycles. The van der Waals surface area contributed by atoms with Crippen molar-refractivity contribution in [2.45, 2.75) is 0 Å². The smallest absolute Gasteiger partial charge is 0.177 e. The van der Waals surface area contributed by atoms with Crippen LogP contribution in [0, 0.1) is 0 Å². The molecule has 0 spiro atoms. The van der Waals surface area contributed by atoms with Gasteiger partial charge in [0.1, 0.15) is 0 Å². The van der Waals surface area contributed by atoms with Crippen molar-refractivity contribution < 1.29 is 30.6 Å². The van der Waals surface area contributed by atoms with Crippen LogP contribution in [-0.4, -0.2) is 30.6 Å². The first-order valence-corrected chi connectivity index (χ1v) is 10.3. The van der Waals surface area contributed by atoms with E-state index in [-0.39, 0.29) is 34.5 Å². The van der Waals surface area contributed by atoms with Crippen molar-refractivity contribution in [2.75, 3.05) is 0 Å². The fraction of sp³-hybridized carbons (Fsp3) is 0. The van der Waals surface area contributed by atoms with Gasteiger partial charge < -0.3 is 30.6 Å². The van der Waals surface area contributed by atoms with Gasteiger partial charge in [0.05, 0.1) is 28.2 Å². The van der Waals surface area contributed by atoms with E-state index in [0.717, 1.165) is 34.0 Å². The molecule has 9 heteroatoms. The summed E-state index contributed by atoms with van der Waals surface area (Å²) in [5, 5.41) is 67.5. The van der Waals surface area contributed by atoms with Crippen molar-refractivity contribution >= 4 is 94.5 Å². The van der Waals surface area contributed by atoms with Crippen LogP contribution in [0.5, 0.6) is 34.5 Å². The number of phenolic OH excluding ortho intramolecular Hbond substituents is 6. The van der Waals surface area contributed by atoms with Crippen LogP contribution in [0.25, 0.3) is 60.5 Å². The minimum absolute atomic E-state index is 0.295. The van der Waals surface area contributed by atoms with Gasteiger partial charge in [0.2, 0.25) is 0 Å². The predicted molar refractivity (Wildman–Crippen MR) is 109 cm³/mol. The first-order valence-electron chi connectivity index (χ1n) is 7.82. The van der Waals surface area contributed by atoms with Crippen LogP contribution in [0.15, 0.2) is 0 Å². The molecule has 0 atom stereocenters. The maximum absolute atomic E-state index is 10.6. The van der Waals surface area contributed by atoms with Crippen molar-refractivity contribution in [3.05, 3.63) is 0 Å². The molecule has 3 aromatic heterocycles. The standard InChI is InChI=1S/C18H6O6S3/c19-7-8(20)15-3-1-2-4-6-5(3)16(26-15)11(23)12(24)18(6)27-17(4)10(22)9(21)14(2)25-13(1)7/h19-24H. The van der Waals surface area contributed by atoms with E-state index < -0.39 is 0 Å². The third-order valence-electron chi connectivity index (χ3n) is 5.44. The maximum Gasteiger partial charge on any atom is 0.177 e. The molecule has 0 aliphatic carbocycles. The number of thiophene rings is 3. The Labute approximate surface area is 159 Å². The first kappa shape index (κ1) is 14.2. The molecule has 6 N–H and O–H groups in total. The quantitative estimate of drug-likeness (QED) is 0.147. The normalized spacial score (nSPS) is 13.3. The lowest BCUT2D eigenvalue weighted by Crippen LogP contribution is -1.82. The lowest BCUT2D eigenvalue weighted by Gasteiger charge is -2.10. The molecule has 7 aromatic rings. The van der Waals surface area contributed by atoms with E-state index in [1.807, 2.05) is 0 Å². The molecular weight excluding hydrogens is 408 g/mol. The average Bonchev–Trinajstić information content (AvgIpc) is 3.32. The summed E-state index contributed by atoms with van der Waals surface area (Å²) in [4.78, 5) is 0. The summed E-state index contributed by atoms with van der Waals surface area (Å²) >= 11 is 3.27. The van der Waals surface area contributed by atoms with Crippen molar-refractivity contribution in [1.82, 2.24) is 0 Å². The Morgan fingerprint density at radius 2 is 0.444 bits per heavy atom. The van der Waals surface area contributed by atoms with Gasteiger partial charge in [-0.1, -0.05) is 0 Å². The Morgan fingerprint density at radius 3 is 0.593 bits per heavy atom. The topological polar surface area (TPSA) is 121 Å². The largest absolute Gasteiger partial charge is 0.503 e. The van der Waals surface area contributed by atoms with Gasteiger partial charge in [0, 0.05) is 32.3 Å². The number of benzene rings is 4. The Bertz CT molecular complexity index is 1380. The molecule has 0 amide bonds. The average molecular weight is 414 g/mol. The van der Waals surface area contributed by atoms with Gasteiger partial charge >= 0.3 is 0 Å². The van der Waals surface area contributed by atoms with E-state index in [0.29, 0.717) is 60.5 Å². The third kappa shape index (κ3) is 1.19. The monoisotopic (exact) mass is 414 g/mol. The van der Waals surface area contributed by atoms with Gasteiger partial charge in [0.25, 0.3) is 0 Å². The zero-order valence-electron chi connectivity index (χ0n) is 12.9. The zero-order chi connectivity index (χ0) is 18.5. The van der Waals surface area contributed by atoms with Crippen LogP contribution in [0.3, 0.4) is 0 Å². The van der Waals surface area contributed by atoms with E-state index in [1.54, 1.807) is 0 Å². The lowest BCUT2D eigenvalue weighted by molar-refractivity contribution is 0.413. The molecule has 0 unspecified atom stereocenters. The molecule has 0 saturated carbocycles. The summed E-state index contributed by atoms with van der Waals surface area (Å²) in [6.07, 6.45) is 0. The van der Waals surface area contributed by atoms with Gasteiger partial charge in [0.15, 0.2) is 34.5 Å². The Balaban J connectivity index is 2.10. The third-order valence-corrected chi connectivity index (χ3v) is 9.05. The molecule has 0 fully saturated rings. The van der Waals surface area contributed by atoms with Crippen LogP contribution in [0.1, 0.15) is 0 Å². The van der Waals surface area contributed by atoms with E-state index in [1.165, 1.54) is 0 Å². The molecule has 0 bridgehead atoms. The van der Waals surface area contributed by atoms with Crippen LogP contribution in [-0.2, 0) is 0 Å². The SMILES string of the molecule is Oc1c(O)c2sc3c(O)c(O)c4sc5c(O)c(O)c6sc1c1c2c3c4c5c61. The Morgan fingerprint density at radius 1 is 0.296 bits per heavy atom. The molecule has 0 aliphatic heterocycles. The predicted octanol–water partition coefficient (Wildman–Crippen LogP) is 5.34. The van der Waals surface area contributed by atoms with E-state index in [2.05, 4.69) is 0 Å². The van der Waals surface area contributed by atoms with Gasteiger partial charge in [-0.3, -0.25) is 0 Å². The molecule has 0 aliphatic rings. The second kappa shape index (κ2) is 3.86. The maximum atomic E-state index is 10.6. The highest BCUT2D eigenvalue weighted by molar-refractivity contribution is 7.31. The van der Waals surface area contributed by atoms with Crippen LogP contribution < -0.4 is 0 Å². The van der Waals surface area contributed by atoms with Gasteiger partial charge in [-0.05, 0) is 0 Å². The summed E-state index contributed by atoms with van der Waals surface area (Å²) in [5.41, 5.74) is 0. The van der Waals surface area contributed by atoms with Crippen molar-refractivity contribution in [2.24, 2.45) is 0 Å². The second-order valence-electron chi connectivity index (χ2n) is 6.62. The van der Waals surface area contributed by atoms with Gasteiger partial charge in [-0.15, -0.1) is 34.0 Å². The fourth-order valence-corrected chi connectivity index (χ4v) is 7.98. The van der Waals surface area contributed by atoms with E-state index >= 15 is 0 Å². The molecule has 0 saturated heterocycles. The van der Waals surface area contributed by atoms with Crippen LogP contribution in [0.2, 0.25) is 0 Å². The molecule has 7 rings (SSSR count). The summed E-state index contributed by atoms with van der Waals surface area (Å²) < 4.78 is 2.47. The minimum Gasteiger partial charge on any atom is -0.503 e. The lowest BCUT2D eigenvalue weighted by atomic mass is 9.93. The Kier molecular flexibility index (Phi) is 2.03. The highest BCUT2D eigenvalue weighted by Crippen LogP contribution is 2.65. The highest BCUT2D eigenvalue weighted by Gasteiger charge is 2.34. The number of rotatable bonds is 0. The van der Waals surface area contributed by atoms with Crippen molar-refractivity contribution in [3.63, 3.8) is 0 Å². The molecule has 0 radical (unpaired) electrons. The van der Waals surface area contributed by atoms with E-state index in [4.69, 9.17) is 0 Å². The summed E-state index contributed by atoms with van der Waals surface area (Å²) in [5.74, 6) is -1.77. The highest BCUT2D eigenvalue weighted by atomic mass is 32.1. The Hall–Kier alpha value is -2.88. The van der Waals surface area contributed by atoms with Crippen LogP contribution >= 0.6 is 34.0 Å². The number of hydrogen-bond donors (Lipinski definition) is 6. The summed E-state index contributed by atoms with van der Waals surface area (Å²) in [7, 11) is 0. The van der Waals surface area contributed by atoms with E-state index in [9.17, 15) is 30.6 Å². The molecular formula is C18H6O6S3. The second-order valence-corrected chi connectivity index (χ2v) is 9.68. The summed E-state index contributed by atoms with van der Waals surface area (Å²) in [6, 6.07) is 0. The molecule has 6 nitrogen and oxygen atoms in total. The van der Waals surface area contributed by atoms with Gasteiger partial charge in [-0.25, -0.2) is 0 Å². The van der Waals surface area contributed by atoms with Crippen LogP contribution in [0.4, 0.5) is 0 Å². The van der Waals surface area contributed by atoms with Gasteiger partial charge in [-0.2, -0.15) is 0 Å². The molecule has 4 aromatic carbocycles. The van der Waals surface area contributed by atoms with Crippen molar-refractivity contribution in [1.29, 1.82) is 0 Å². The zero-order valence-corrected chi connectivity index (χ0v) is 15.4. The minimum atomic E-state index is -0.295. The number of hydrogen-bond acceptors (Lipinski definition) is 9. The van der Waals surface area contributed by atoms with Crippen molar-refractivity contribution in [3.8, 4) is 34.5 Å². The summed E-state index contributed by atoms with van der Waals surface area (Å²) in [6.45, 7) is 0. The number of phenols is 6. The number of aromatic hydroxyl groups is 6. The molecule has 27 heavy (non-hydrogen) atoms. The fourth-order valence-electron chi connectivity index (χ4n) is 4.37. The first-order chi connectivity index (χ1) is 12.9.